The molecular formula is C10H13NO3. The largest absolute Gasteiger partial charge is 0.374 e. The zero-order chi connectivity index (χ0) is 10.6. The van der Waals surface area contributed by atoms with Crippen LogP contribution in [-0.2, 0) is 11.3 Å². The molecule has 0 aromatic heterocycles. The van der Waals surface area contributed by atoms with Crippen molar-refractivity contribution in [1.29, 1.82) is 0 Å². The van der Waals surface area contributed by atoms with Crippen molar-refractivity contribution in [3.8, 4) is 0 Å². The Balaban J connectivity index is 2.69. The Morgan fingerprint density at radius 2 is 2.21 bits per heavy atom. The predicted molar refractivity (Wildman–Crippen MR) is 53.0 cm³/mol. The molecule has 0 spiro atoms. The van der Waals surface area contributed by atoms with Crippen LogP contribution in [0.15, 0.2) is 24.3 Å². The minimum Gasteiger partial charge on any atom is -0.374 e. The van der Waals surface area contributed by atoms with Crippen LogP contribution in [0.25, 0.3) is 0 Å². The molecular weight excluding hydrogens is 182 g/mol. The van der Waals surface area contributed by atoms with E-state index in [1.54, 1.807) is 6.07 Å². The van der Waals surface area contributed by atoms with Gasteiger partial charge in [-0.05, 0) is 19.4 Å². The van der Waals surface area contributed by atoms with Crippen LogP contribution in [0.2, 0.25) is 0 Å². The second kappa shape index (κ2) is 4.72. The number of hydrogen-bond donors (Lipinski definition) is 0. The van der Waals surface area contributed by atoms with E-state index in [1.165, 1.54) is 12.1 Å². The molecule has 0 radical (unpaired) electrons. The number of hydrogen-bond acceptors (Lipinski definition) is 3. The van der Waals surface area contributed by atoms with Gasteiger partial charge in [0.1, 0.15) is 0 Å². The molecule has 1 aromatic carbocycles. The third-order valence-electron chi connectivity index (χ3n) is 1.70. The molecule has 0 heterocycles. The number of nitrogens with zero attached hydrogens (tertiary/aromatic N) is 1. The number of nitro benzene ring substituents is 1. The molecule has 4 heteroatoms. The molecule has 0 saturated heterocycles. The monoisotopic (exact) mass is 195 g/mol. The van der Waals surface area contributed by atoms with E-state index in [9.17, 15) is 10.1 Å². The Morgan fingerprint density at radius 3 is 2.79 bits per heavy atom. The number of ether oxygens (including phenoxy) is 1. The van der Waals surface area contributed by atoms with Gasteiger partial charge in [-0.1, -0.05) is 12.1 Å². The Kier molecular flexibility index (Phi) is 3.59. The van der Waals surface area contributed by atoms with E-state index in [0.29, 0.717) is 6.61 Å². The van der Waals surface area contributed by atoms with Crippen LogP contribution >= 0.6 is 0 Å². The summed E-state index contributed by atoms with van der Waals surface area (Å²) in [5.74, 6) is 0. The first kappa shape index (κ1) is 10.7. The van der Waals surface area contributed by atoms with Crippen LogP contribution in [0.4, 0.5) is 5.69 Å². The van der Waals surface area contributed by atoms with Gasteiger partial charge in [-0.2, -0.15) is 0 Å². The minimum atomic E-state index is -0.404. The summed E-state index contributed by atoms with van der Waals surface area (Å²) in [6.45, 7) is 4.27. The lowest BCUT2D eigenvalue weighted by atomic mass is 10.2. The summed E-state index contributed by atoms with van der Waals surface area (Å²) in [4.78, 5) is 10.1. The van der Waals surface area contributed by atoms with E-state index < -0.39 is 4.92 Å². The van der Waals surface area contributed by atoms with Gasteiger partial charge in [0.2, 0.25) is 0 Å². The van der Waals surface area contributed by atoms with E-state index >= 15 is 0 Å². The van der Waals surface area contributed by atoms with E-state index in [-0.39, 0.29) is 11.8 Å². The standard InChI is InChI=1S/C10H13NO3/c1-8(2)14-7-9-4-3-5-10(6-9)11(12)13/h3-6,8H,7H2,1-2H3. The summed E-state index contributed by atoms with van der Waals surface area (Å²) >= 11 is 0. The normalized spacial score (nSPS) is 10.5. The lowest BCUT2D eigenvalue weighted by Crippen LogP contribution is -2.02. The van der Waals surface area contributed by atoms with E-state index in [1.807, 2.05) is 19.9 Å². The summed E-state index contributed by atoms with van der Waals surface area (Å²) in [5.41, 5.74) is 0.933. The fourth-order valence-corrected chi connectivity index (χ4v) is 1.02. The zero-order valence-electron chi connectivity index (χ0n) is 8.27. The van der Waals surface area contributed by atoms with Crippen molar-refractivity contribution < 1.29 is 9.66 Å². The fourth-order valence-electron chi connectivity index (χ4n) is 1.02. The van der Waals surface area contributed by atoms with Crippen molar-refractivity contribution >= 4 is 5.69 Å². The third-order valence-corrected chi connectivity index (χ3v) is 1.70. The molecule has 76 valence electrons. The second-order valence-corrected chi connectivity index (χ2v) is 3.29. The summed E-state index contributed by atoms with van der Waals surface area (Å²) in [7, 11) is 0. The van der Waals surface area contributed by atoms with Gasteiger partial charge < -0.3 is 4.74 Å². The maximum atomic E-state index is 10.5. The van der Waals surface area contributed by atoms with Crippen molar-refractivity contribution in [2.75, 3.05) is 0 Å². The van der Waals surface area contributed by atoms with Crippen molar-refractivity contribution in [3.05, 3.63) is 39.9 Å². The van der Waals surface area contributed by atoms with Gasteiger partial charge in [-0.3, -0.25) is 10.1 Å². The van der Waals surface area contributed by atoms with E-state index in [0.717, 1.165) is 5.56 Å². The molecule has 1 aromatic rings. The second-order valence-electron chi connectivity index (χ2n) is 3.29. The van der Waals surface area contributed by atoms with Gasteiger partial charge in [0.15, 0.2) is 0 Å². The number of rotatable bonds is 4. The molecule has 0 N–H and O–H groups in total. The lowest BCUT2D eigenvalue weighted by Gasteiger charge is -2.06. The van der Waals surface area contributed by atoms with Gasteiger partial charge in [-0.25, -0.2) is 0 Å². The van der Waals surface area contributed by atoms with Gasteiger partial charge in [0.25, 0.3) is 5.69 Å². The Hall–Kier alpha value is -1.42. The summed E-state index contributed by atoms with van der Waals surface area (Å²) in [6.07, 6.45) is 0.134. The lowest BCUT2D eigenvalue weighted by molar-refractivity contribution is -0.385. The Labute approximate surface area is 82.7 Å². The highest BCUT2D eigenvalue weighted by atomic mass is 16.6. The summed E-state index contributed by atoms with van der Waals surface area (Å²) < 4.78 is 5.34. The highest BCUT2D eigenvalue weighted by molar-refractivity contribution is 5.33. The minimum absolute atomic E-state index is 0.106. The van der Waals surface area contributed by atoms with E-state index in [4.69, 9.17) is 4.74 Å². The van der Waals surface area contributed by atoms with Gasteiger partial charge >= 0.3 is 0 Å². The SMILES string of the molecule is CC(C)OCc1cccc([N+](=O)[O-])c1. The average molecular weight is 195 g/mol. The first-order valence-electron chi connectivity index (χ1n) is 4.44. The zero-order valence-corrected chi connectivity index (χ0v) is 8.27. The number of nitro groups is 1. The van der Waals surface area contributed by atoms with Crippen molar-refractivity contribution in [3.63, 3.8) is 0 Å². The van der Waals surface area contributed by atoms with Gasteiger partial charge in [-0.15, -0.1) is 0 Å². The molecule has 0 unspecified atom stereocenters. The van der Waals surface area contributed by atoms with Crippen molar-refractivity contribution in [1.82, 2.24) is 0 Å². The molecule has 0 fully saturated rings. The molecule has 0 atom stereocenters. The van der Waals surface area contributed by atoms with Gasteiger partial charge in [0.05, 0.1) is 17.6 Å². The molecule has 1 rings (SSSR count). The van der Waals surface area contributed by atoms with Gasteiger partial charge in [0, 0.05) is 12.1 Å². The van der Waals surface area contributed by atoms with Crippen molar-refractivity contribution in [2.24, 2.45) is 0 Å². The van der Waals surface area contributed by atoms with Crippen LogP contribution in [0, 0.1) is 10.1 Å². The molecule has 4 nitrogen and oxygen atoms in total. The van der Waals surface area contributed by atoms with E-state index in [2.05, 4.69) is 0 Å². The maximum absolute atomic E-state index is 10.5. The highest BCUT2D eigenvalue weighted by Gasteiger charge is 2.05. The smallest absolute Gasteiger partial charge is 0.269 e. The molecule has 0 bridgehead atoms. The first-order valence-corrected chi connectivity index (χ1v) is 4.44. The summed E-state index contributed by atoms with van der Waals surface area (Å²) in [5, 5.41) is 10.5. The third kappa shape index (κ3) is 3.14. The average Bonchev–Trinajstić information content (AvgIpc) is 2.15. The highest BCUT2D eigenvalue weighted by Crippen LogP contribution is 2.14. The predicted octanol–water partition coefficient (Wildman–Crippen LogP) is 2.52. The number of non-ortho nitro benzene ring substituents is 1. The molecule has 0 aliphatic carbocycles. The topological polar surface area (TPSA) is 52.4 Å². The molecule has 0 aliphatic heterocycles. The number of benzene rings is 1. The molecule has 0 aliphatic rings. The van der Waals surface area contributed by atoms with Crippen LogP contribution < -0.4 is 0 Å². The molecule has 14 heavy (non-hydrogen) atoms. The van der Waals surface area contributed by atoms with Crippen LogP contribution in [0.1, 0.15) is 19.4 Å². The fraction of sp³-hybridized carbons (Fsp3) is 0.400. The molecule has 0 amide bonds. The first-order chi connectivity index (χ1) is 6.59. The van der Waals surface area contributed by atoms with Crippen molar-refractivity contribution in [2.45, 2.75) is 26.6 Å². The quantitative estimate of drug-likeness (QED) is 0.548. The summed E-state index contributed by atoms with van der Waals surface area (Å²) in [6, 6.07) is 6.48. The van der Waals surface area contributed by atoms with Crippen LogP contribution in [0.3, 0.4) is 0 Å². The Morgan fingerprint density at radius 1 is 1.50 bits per heavy atom. The molecule has 0 saturated carbocycles. The Bertz CT molecular complexity index is 323. The van der Waals surface area contributed by atoms with Crippen LogP contribution in [-0.4, -0.2) is 11.0 Å². The maximum Gasteiger partial charge on any atom is 0.269 e. The van der Waals surface area contributed by atoms with Crippen LogP contribution in [0.5, 0.6) is 0 Å².